The lowest BCUT2D eigenvalue weighted by Gasteiger charge is -2.21. The van der Waals surface area contributed by atoms with Gasteiger partial charge in [0.05, 0.1) is 0 Å². The van der Waals surface area contributed by atoms with E-state index in [1.165, 1.54) is 18.9 Å². The van der Waals surface area contributed by atoms with Crippen molar-refractivity contribution in [3.8, 4) is 0 Å². The molecular formula is C20H27FN2O2. The summed E-state index contributed by atoms with van der Waals surface area (Å²) in [6.07, 6.45) is 8.42. The maximum absolute atomic E-state index is 13.6. The molecular weight excluding hydrogens is 319 g/mol. The van der Waals surface area contributed by atoms with Crippen molar-refractivity contribution in [2.75, 3.05) is 6.54 Å². The van der Waals surface area contributed by atoms with Crippen LogP contribution in [-0.2, 0) is 16.0 Å². The minimum Gasteiger partial charge on any atom is -0.355 e. The molecule has 136 valence electrons. The average molecular weight is 346 g/mol. The van der Waals surface area contributed by atoms with Crippen LogP contribution >= 0.6 is 0 Å². The normalized spacial score (nSPS) is 19.7. The van der Waals surface area contributed by atoms with Crippen molar-refractivity contribution < 1.29 is 14.0 Å². The van der Waals surface area contributed by atoms with Crippen molar-refractivity contribution in [2.45, 2.75) is 63.8 Å². The van der Waals surface area contributed by atoms with Gasteiger partial charge in [0.1, 0.15) is 11.2 Å². The van der Waals surface area contributed by atoms with Gasteiger partial charge >= 0.3 is 0 Å². The standard InChI is InChI=1S/C20H27FN2O2/c21-17-10-6-5-7-15(17)11-14-22-18(24)20(12-13-20)19(25)23-16-8-3-1-2-4-9-16/h5-7,10,16H,1-4,8-9,11-14H2,(H,22,24)(H,23,25). The monoisotopic (exact) mass is 346 g/mol. The highest BCUT2D eigenvalue weighted by molar-refractivity contribution is 6.07. The van der Waals surface area contributed by atoms with Crippen molar-refractivity contribution in [1.29, 1.82) is 0 Å². The second kappa shape index (κ2) is 7.98. The van der Waals surface area contributed by atoms with Gasteiger partial charge in [0.15, 0.2) is 0 Å². The molecule has 0 heterocycles. The highest BCUT2D eigenvalue weighted by Crippen LogP contribution is 2.46. The first-order chi connectivity index (χ1) is 12.1. The largest absolute Gasteiger partial charge is 0.355 e. The molecule has 2 aliphatic rings. The van der Waals surface area contributed by atoms with E-state index in [-0.39, 0.29) is 23.7 Å². The minimum absolute atomic E-state index is 0.122. The van der Waals surface area contributed by atoms with Crippen LogP contribution in [0.15, 0.2) is 24.3 Å². The Hall–Kier alpha value is -1.91. The Morgan fingerprint density at radius 3 is 2.36 bits per heavy atom. The third-order valence-corrected chi connectivity index (χ3v) is 5.45. The van der Waals surface area contributed by atoms with Gasteiger partial charge in [0.2, 0.25) is 11.8 Å². The van der Waals surface area contributed by atoms with Crippen molar-refractivity contribution >= 4 is 11.8 Å². The van der Waals surface area contributed by atoms with Crippen molar-refractivity contribution in [3.63, 3.8) is 0 Å². The summed E-state index contributed by atoms with van der Waals surface area (Å²) in [7, 11) is 0. The lowest BCUT2D eigenvalue weighted by molar-refractivity contribution is -0.137. The van der Waals surface area contributed by atoms with Crippen LogP contribution < -0.4 is 10.6 Å². The van der Waals surface area contributed by atoms with Crippen LogP contribution in [0.2, 0.25) is 0 Å². The van der Waals surface area contributed by atoms with E-state index < -0.39 is 5.41 Å². The van der Waals surface area contributed by atoms with Crippen LogP contribution in [0, 0.1) is 11.2 Å². The van der Waals surface area contributed by atoms with Gasteiger partial charge in [0.25, 0.3) is 0 Å². The SMILES string of the molecule is O=C(NCCc1ccccc1F)C1(C(=O)NC2CCCCCC2)CC1. The summed E-state index contributed by atoms with van der Waals surface area (Å²) in [5, 5.41) is 5.93. The van der Waals surface area contributed by atoms with Crippen molar-refractivity contribution in [1.82, 2.24) is 10.6 Å². The molecule has 1 aromatic carbocycles. The van der Waals surface area contributed by atoms with Crippen LogP contribution in [0.1, 0.15) is 56.9 Å². The quantitative estimate of drug-likeness (QED) is 0.614. The summed E-state index contributed by atoms with van der Waals surface area (Å²) < 4.78 is 13.6. The van der Waals surface area contributed by atoms with Gasteiger partial charge in [-0.15, -0.1) is 0 Å². The van der Waals surface area contributed by atoms with Crippen LogP contribution in [0.5, 0.6) is 0 Å². The van der Waals surface area contributed by atoms with Gasteiger partial charge in [-0.2, -0.15) is 0 Å². The summed E-state index contributed by atoms with van der Waals surface area (Å²) >= 11 is 0. The Bertz CT molecular complexity index is 620. The maximum atomic E-state index is 13.6. The zero-order valence-corrected chi connectivity index (χ0v) is 14.7. The van der Waals surface area contributed by atoms with E-state index in [1.54, 1.807) is 18.2 Å². The summed E-state index contributed by atoms with van der Waals surface area (Å²) in [4.78, 5) is 25.1. The fourth-order valence-corrected chi connectivity index (χ4v) is 3.61. The molecule has 0 bridgehead atoms. The second-order valence-electron chi connectivity index (χ2n) is 7.34. The Morgan fingerprint density at radius 2 is 1.72 bits per heavy atom. The summed E-state index contributed by atoms with van der Waals surface area (Å²) in [6, 6.07) is 6.77. The van der Waals surface area contributed by atoms with Gasteiger partial charge in [-0.3, -0.25) is 9.59 Å². The van der Waals surface area contributed by atoms with Gasteiger partial charge in [-0.25, -0.2) is 4.39 Å². The molecule has 2 aliphatic carbocycles. The molecule has 1 aromatic rings. The predicted octanol–water partition coefficient (Wildman–Crippen LogP) is 3.10. The fourth-order valence-electron chi connectivity index (χ4n) is 3.61. The molecule has 0 atom stereocenters. The number of hydrogen-bond acceptors (Lipinski definition) is 2. The molecule has 4 nitrogen and oxygen atoms in total. The lowest BCUT2D eigenvalue weighted by Crippen LogP contribution is -2.46. The molecule has 0 unspecified atom stereocenters. The molecule has 2 saturated carbocycles. The first-order valence-corrected chi connectivity index (χ1v) is 9.44. The number of nitrogens with one attached hydrogen (secondary N) is 2. The number of hydrogen-bond donors (Lipinski definition) is 2. The van der Waals surface area contributed by atoms with Gasteiger partial charge < -0.3 is 10.6 Å². The van der Waals surface area contributed by atoms with Crippen LogP contribution in [0.3, 0.4) is 0 Å². The number of halogens is 1. The Balaban J connectivity index is 1.49. The number of carbonyl (C=O) groups is 2. The first kappa shape index (κ1) is 17.9. The molecule has 2 N–H and O–H groups in total. The molecule has 3 rings (SSSR count). The Labute approximate surface area is 148 Å². The third-order valence-electron chi connectivity index (χ3n) is 5.45. The Morgan fingerprint density at radius 1 is 1.04 bits per heavy atom. The van der Waals surface area contributed by atoms with Crippen molar-refractivity contribution in [2.24, 2.45) is 5.41 Å². The highest BCUT2D eigenvalue weighted by atomic mass is 19.1. The zero-order valence-electron chi connectivity index (χ0n) is 14.7. The molecule has 0 aromatic heterocycles. The number of amides is 2. The number of benzene rings is 1. The molecule has 0 aliphatic heterocycles. The van der Waals surface area contributed by atoms with E-state index in [4.69, 9.17) is 0 Å². The number of rotatable bonds is 6. The first-order valence-electron chi connectivity index (χ1n) is 9.44. The van der Waals surface area contributed by atoms with Gasteiger partial charge in [-0.05, 0) is 43.7 Å². The molecule has 5 heteroatoms. The van der Waals surface area contributed by atoms with E-state index >= 15 is 0 Å². The average Bonchev–Trinajstić information content (AvgIpc) is 3.42. The second-order valence-corrected chi connectivity index (χ2v) is 7.34. The van der Waals surface area contributed by atoms with E-state index in [1.807, 2.05) is 0 Å². The van der Waals surface area contributed by atoms with E-state index in [0.29, 0.717) is 31.4 Å². The Kier molecular flexibility index (Phi) is 5.71. The van der Waals surface area contributed by atoms with Crippen LogP contribution in [0.25, 0.3) is 0 Å². The zero-order chi connectivity index (χ0) is 17.7. The molecule has 0 spiro atoms. The third kappa shape index (κ3) is 4.39. The smallest absolute Gasteiger partial charge is 0.235 e. The minimum atomic E-state index is -0.887. The van der Waals surface area contributed by atoms with Gasteiger partial charge in [-0.1, -0.05) is 43.9 Å². The summed E-state index contributed by atoms with van der Waals surface area (Å²) in [6.45, 7) is 0.345. The highest BCUT2D eigenvalue weighted by Gasteiger charge is 2.56. The molecule has 0 radical (unpaired) electrons. The van der Waals surface area contributed by atoms with Crippen molar-refractivity contribution in [3.05, 3.63) is 35.6 Å². The van der Waals surface area contributed by atoms with E-state index in [2.05, 4.69) is 10.6 Å². The molecule has 0 saturated heterocycles. The van der Waals surface area contributed by atoms with Crippen LogP contribution in [0.4, 0.5) is 4.39 Å². The van der Waals surface area contributed by atoms with Gasteiger partial charge in [0, 0.05) is 12.6 Å². The fraction of sp³-hybridized carbons (Fsp3) is 0.600. The molecule has 2 fully saturated rings. The molecule has 2 amide bonds. The van der Waals surface area contributed by atoms with Crippen LogP contribution in [-0.4, -0.2) is 24.4 Å². The summed E-state index contributed by atoms with van der Waals surface area (Å²) in [5.41, 5.74) is -0.308. The van der Waals surface area contributed by atoms with E-state index in [9.17, 15) is 14.0 Å². The molecule has 25 heavy (non-hydrogen) atoms. The number of carbonyl (C=O) groups excluding carboxylic acids is 2. The van der Waals surface area contributed by atoms with E-state index in [0.717, 1.165) is 25.7 Å². The maximum Gasteiger partial charge on any atom is 0.235 e. The predicted molar refractivity (Wildman–Crippen MR) is 94.4 cm³/mol. The summed E-state index contributed by atoms with van der Waals surface area (Å²) in [5.74, 6) is -0.596. The lowest BCUT2D eigenvalue weighted by atomic mass is 10.0. The topological polar surface area (TPSA) is 58.2 Å².